The molecule has 2 N–H and O–H groups in total. The second-order valence-corrected chi connectivity index (χ2v) is 6.11. The Bertz CT molecular complexity index is 369. The van der Waals surface area contributed by atoms with Crippen LogP contribution in [0.1, 0.15) is 49.4 Å². The highest BCUT2D eigenvalue weighted by molar-refractivity contribution is 7.13. The summed E-state index contributed by atoms with van der Waals surface area (Å²) in [6.45, 7) is 4.28. The normalized spacial score (nSPS) is 21.0. The van der Waals surface area contributed by atoms with Crippen LogP contribution in [0.4, 0.5) is 0 Å². The number of thiazole rings is 1. The third-order valence-electron chi connectivity index (χ3n) is 3.70. The van der Waals surface area contributed by atoms with E-state index in [2.05, 4.69) is 11.9 Å². The van der Waals surface area contributed by atoms with E-state index in [1.807, 2.05) is 6.92 Å². The average molecular weight is 240 g/mol. The van der Waals surface area contributed by atoms with Crippen LogP contribution in [0, 0.1) is 12.3 Å². The van der Waals surface area contributed by atoms with Crippen LogP contribution in [-0.4, -0.2) is 12.1 Å². The van der Waals surface area contributed by atoms with Crippen molar-refractivity contribution in [1.82, 2.24) is 4.98 Å². The van der Waals surface area contributed by atoms with Crippen molar-refractivity contribution in [3.05, 3.63) is 10.7 Å². The molecule has 0 spiro atoms. The van der Waals surface area contributed by atoms with Crippen LogP contribution in [-0.2, 0) is 0 Å². The van der Waals surface area contributed by atoms with Crippen LogP contribution >= 0.6 is 11.3 Å². The molecule has 4 heteroatoms. The van der Waals surface area contributed by atoms with E-state index in [1.54, 1.807) is 18.4 Å². The molecule has 90 valence electrons. The van der Waals surface area contributed by atoms with E-state index in [0.29, 0.717) is 0 Å². The number of hydrogen-bond donors (Lipinski definition) is 1. The van der Waals surface area contributed by atoms with Gasteiger partial charge in [0, 0.05) is 0 Å². The van der Waals surface area contributed by atoms with E-state index >= 15 is 0 Å². The molecule has 1 fully saturated rings. The molecule has 3 nitrogen and oxygen atoms in total. The third kappa shape index (κ3) is 1.96. The van der Waals surface area contributed by atoms with Crippen LogP contribution < -0.4 is 10.5 Å². The Hall–Kier alpha value is -0.610. The van der Waals surface area contributed by atoms with Gasteiger partial charge in [0.25, 0.3) is 0 Å². The first-order valence-corrected chi connectivity index (χ1v) is 6.65. The molecule has 1 saturated carbocycles. The summed E-state index contributed by atoms with van der Waals surface area (Å²) in [5.41, 5.74) is 7.54. The summed E-state index contributed by atoms with van der Waals surface area (Å²) >= 11 is 1.59. The van der Waals surface area contributed by atoms with Crippen LogP contribution in [0.25, 0.3) is 0 Å². The summed E-state index contributed by atoms with van der Waals surface area (Å²) in [5, 5.41) is 1.92. The maximum Gasteiger partial charge on any atom is 0.198 e. The van der Waals surface area contributed by atoms with Crippen LogP contribution in [0.15, 0.2) is 0 Å². The van der Waals surface area contributed by atoms with Gasteiger partial charge in [-0.1, -0.05) is 31.1 Å². The monoisotopic (exact) mass is 240 g/mol. The van der Waals surface area contributed by atoms with Gasteiger partial charge in [-0.15, -0.1) is 0 Å². The number of nitrogens with two attached hydrogens (primary N) is 1. The molecule has 0 saturated heterocycles. The third-order valence-corrected chi connectivity index (χ3v) is 4.65. The van der Waals surface area contributed by atoms with Crippen LogP contribution in [0.3, 0.4) is 0 Å². The molecule has 1 aromatic heterocycles. The highest BCUT2D eigenvalue weighted by Crippen LogP contribution is 2.48. The molecule has 1 atom stereocenters. The van der Waals surface area contributed by atoms with Gasteiger partial charge < -0.3 is 10.5 Å². The van der Waals surface area contributed by atoms with Gasteiger partial charge in [-0.3, -0.25) is 0 Å². The molecule has 0 aromatic carbocycles. The van der Waals surface area contributed by atoms with E-state index in [0.717, 1.165) is 15.8 Å². The first-order chi connectivity index (χ1) is 7.57. The second-order valence-electron chi connectivity index (χ2n) is 4.95. The Morgan fingerprint density at radius 3 is 2.62 bits per heavy atom. The second kappa shape index (κ2) is 4.34. The number of ether oxygens (including phenoxy) is 1. The summed E-state index contributed by atoms with van der Waals surface area (Å²) in [6, 6.07) is 0.00917. The van der Waals surface area contributed by atoms with Crippen molar-refractivity contribution in [2.24, 2.45) is 11.1 Å². The zero-order valence-corrected chi connectivity index (χ0v) is 11.1. The number of hydrogen-bond acceptors (Lipinski definition) is 4. The fourth-order valence-corrected chi connectivity index (χ4v) is 3.36. The highest BCUT2D eigenvalue weighted by Gasteiger charge is 2.38. The molecule has 0 radical (unpaired) electrons. The summed E-state index contributed by atoms with van der Waals surface area (Å²) in [5.74, 6) is 0. The molecule has 1 aliphatic carbocycles. The Labute approximate surface area is 101 Å². The van der Waals surface area contributed by atoms with E-state index in [1.165, 1.54) is 25.7 Å². The van der Waals surface area contributed by atoms with Gasteiger partial charge in [-0.05, 0) is 25.2 Å². The van der Waals surface area contributed by atoms with E-state index in [-0.39, 0.29) is 11.5 Å². The summed E-state index contributed by atoms with van der Waals surface area (Å²) in [6.07, 6.45) is 4.98. The van der Waals surface area contributed by atoms with Gasteiger partial charge in [0.05, 0.1) is 18.2 Å². The fourth-order valence-electron chi connectivity index (χ4n) is 2.59. The molecule has 2 rings (SSSR count). The first kappa shape index (κ1) is 11.9. The summed E-state index contributed by atoms with van der Waals surface area (Å²) in [7, 11) is 1.69. The van der Waals surface area contributed by atoms with Crippen molar-refractivity contribution in [1.29, 1.82) is 0 Å². The van der Waals surface area contributed by atoms with Gasteiger partial charge in [0.15, 0.2) is 5.06 Å². The highest BCUT2D eigenvalue weighted by atomic mass is 32.1. The Morgan fingerprint density at radius 1 is 1.44 bits per heavy atom. The van der Waals surface area contributed by atoms with Crippen molar-refractivity contribution in [3.63, 3.8) is 0 Å². The number of aromatic nitrogens is 1. The van der Waals surface area contributed by atoms with Crippen molar-refractivity contribution in [2.75, 3.05) is 7.11 Å². The lowest BCUT2D eigenvalue weighted by atomic mass is 9.80. The zero-order valence-electron chi connectivity index (χ0n) is 10.2. The summed E-state index contributed by atoms with van der Waals surface area (Å²) in [4.78, 5) is 4.54. The van der Waals surface area contributed by atoms with Gasteiger partial charge >= 0.3 is 0 Å². The van der Waals surface area contributed by atoms with Gasteiger partial charge in [0.2, 0.25) is 0 Å². The Morgan fingerprint density at radius 2 is 2.06 bits per heavy atom. The predicted octanol–water partition coefficient (Wildman–Crippen LogP) is 3.04. The molecular weight excluding hydrogens is 220 g/mol. The van der Waals surface area contributed by atoms with Crippen LogP contribution in [0.2, 0.25) is 0 Å². The quantitative estimate of drug-likeness (QED) is 0.883. The first-order valence-electron chi connectivity index (χ1n) is 5.84. The number of nitrogens with zero attached hydrogens (tertiary/aromatic N) is 1. The largest absolute Gasteiger partial charge is 0.486 e. The Kier molecular flexibility index (Phi) is 3.22. The standard InChI is InChI=1S/C12H20N2OS/c1-8-14-9(11(15-3)16-8)10(13)12(2)6-4-5-7-12/h10H,4-7,13H2,1-3H3. The smallest absolute Gasteiger partial charge is 0.198 e. The summed E-state index contributed by atoms with van der Waals surface area (Å²) < 4.78 is 5.37. The minimum absolute atomic E-state index is 0.00917. The van der Waals surface area contributed by atoms with Crippen molar-refractivity contribution in [2.45, 2.75) is 45.6 Å². The maximum atomic E-state index is 6.39. The molecule has 0 amide bonds. The lowest BCUT2D eigenvalue weighted by Gasteiger charge is -2.30. The SMILES string of the molecule is COc1sc(C)nc1C(N)C1(C)CCCC1. The minimum Gasteiger partial charge on any atom is -0.486 e. The fraction of sp³-hybridized carbons (Fsp3) is 0.750. The number of aryl methyl sites for hydroxylation is 1. The lowest BCUT2D eigenvalue weighted by molar-refractivity contribution is 0.256. The van der Waals surface area contributed by atoms with E-state index < -0.39 is 0 Å². The molecule has 1 aromatic rings. The molecule has 0 aliphatic heterocycles. The van der Waals surface area contributed by atoms with Gasteiger partial charge in [0.1, 0.15) is 5.69 Å². The predicted molar refractivity (Wildman–Crippen MR) is 66.9 cm³/mol. The molecule has 0 bridgehead atoms. The van der Waals surface area contributed by atoms with Crippen molar-refractivity contribution >= 4 is 11.3 Å². The van der Waals surface area contributed by atoms with Gasteiger partial charge in [-0.25, -0.2) is 4.98 Å². The Balaban J connectivity index is 2.28. The van der Waals surface area contributed by atoms with E-state index in [9.17, 15) is 0 Å². The van der Waals surface area contributed by atoms with Crippen LogP contribution in [0.5, 0.6) is 5.06 Å². The zero-order chi connectivity index (χ0) is 11.8. The lowest BCUT2D eigenvalue weighted by Crippen LogP contribution is -2.30. The topological polar surface area (TPSA) is 48.1 Å². The van der Waals surface area contributed by atoms with Gasteiger partial charge in [-0.2, -0.15) is 0 Å². The molecule has 16 heavy (non-hydrogen) atoms. The molecule has 1 unspecified atom stereocenters. The molecular formula is C12H20N2OS. The van der Waals surface area contributed by atoms with Crippen molar-refractivity contribution in [3.8, 4) is 5.06 Å². The molecule has 1 heterocycles. The van der Waals surface area contributed by atoms with E-state index in [4.69, 9.17) is 10.5 Å². The van der Waals surface area contributed by atoms with Crippen molar-refractivity contribution < 1.29 is 4.74 Å². The number of rotatable bonds is 3. The molecule has 1 aliphatic rings. The maximum absolute atomic E-state index is 6.39. The number of methoxy groups -OCH3 is 1. The average Bonchev–Trinajstić information content (AvgIpc) is 2.84. The minimum atomic E-state index is 0.00917.